The molecule has 4 nitrogen and oxygen atoms in total. The molecule has 0 saturated carbocycles. The number of phosphoric acid groups is 1. The normalized spacial score (nSPS) is 26.1. The highest BCUT2D eigenvalue weighted by Gasteiger charge is 2.40. The van der Waals surface area contributed by atoms with E-state index in [-0.39, 0.29) is 5.41 Å². The van der Waals surface area contributed by atoms with Gasteiger partial charge in [-0.3, -0.25) is 13.6 Å². The van der Waals surface area contributed by atoms with Crippen molar-refractivity contribution < 1.29 is 18.1 Å². The van der Waals surface area contributed by atoms with E-state index in [0.29, 0.717) is 13.2 Å². The van der Waals surface area contributed by atoms with Gasteiger partial charge in [0.2, 0.25) is 0 Å². The highest BCUT2D eigenvalue weighted by atomic mass is 31.2. The van der Waals surface area contributed by atoms with Gasteiger partial charge < -0.3 is 0 Å². The molecule has 1 aliphatic heterocycles. The van der Waals surface area contributed by atoms with Gasteiger partial charge in [-0.05, 0) is 20.8 Å². The van der Waals surface area contributed by atoms with Crippen molar-refractivity contribution in [2.24, 2.45) is 5.41 Å². The van der Waals surface area contributed by atoms with Crippen molar-refractivity contribution in [1.82, 2.24) is 0 Å². The SMILES string of the molecule is CC1(C)COP(=O)(OC(C)(C)C)OC1. The minimum atomic E-state index is -3.31. The number of hydrogen-bond acceptors (Lipinski definition) is 4. The molecule has 0 aromatic heterocycles. The van der Waals surface area contributed by atoms with Crippen LogP contribution in [0.5, 0.6) is 0 Å². The van der Waals surface area contributed by atoms with Gasteiger partial charge in [-0.15, -0.1) is 0 Å². The molecule has 0 amide bonds. The van der Waals surface area contributed by atoms with Crippen LogP contribution in [0.25, 0.3) is 0 Å². The summed E-state index contributed by atoms with van der Waals surface area (Å²) in [7, 11) is -3.31. The summed E-state index contributed by atoms with van der Waals surface area (Å²) in [5.74, 6) is 0. The molecular weight excluding hydrogens is 203 g/mol. The van der Waals surface area contributed by atoms with Crippen LogP contribution in [0.4, 0.5) is 0 Å². The molecule has 0 N–H and O–H groups in total. The fourth-order valence-corrected chi connectivity index (χ4v) is 2.84. The van der Waals surface area contributed by atoms with Crippen molar-refractivity contribution in [3.8, 4) is 0 Å². The minimum absolute atomic E-state index is 0.0881. The molecule has 1 fully saturated rings. The van der Waals surface area contributed by atoms with Crippen LogP contribution in [0.2, 0.25) is 0 Å². The topological polar surface area (TPSA) is 44.8 Å². The molecule has 1 rings (SSSR count). The Kier molecular flexibility index (Phi) is 3.13. The Bertz CT molecular complexity index is 240. The fourth-order valence-electron chi connectivity index (χ4n) is 0.975. The molecule has 1 saturated heterocycles. The third-order valence-corrected chi connectivity index (χ3v) is 3.27. The Labute approximate surface area is 85.5 Å². The first kappa shape index (κ1) is 12.2. The van der Waals surface area contributed by atoms with E-state index in [0.717, 1.165) is 0 Å². The van der Waals surface area contributed by atoms with Gasteiger partial charge in [-0.1, -0.05) is 13.8 Å². The van der Waals surface area contributed by atoms with Gasteiger partial charge in [0.05, 0.1) is 18.8 Å². The molecule has 5 heteroatoms. The van der Waals surface area contributed by atoms with Crippen LogP contribution >= 0.6 is 7.82 Å². The second-order valence-electron chi connectivity index (χ2n) is 5.36. The van der Waals surface area contributed by atoms with Crippen molar-refractivity contribution in [2.75, 3.05) is 13.2 Å². The average molecular weight is 222 g/mol. The summed E-state index contributed by atoms with van der Waals surface area (Å²) in [5, 5.41) is 0. The van der Waals surface area contributed by atoms with Crippen molar-refractivity contribution in [2.45, 2.75) is 40.2 Å². The van der Waals surface area contributed by atoms with E-state index in [1.807, 2.05) is 34.6 Å². The Balaban J connectivity index is 2.59. The van der Waals surface area contributed by atoms with Crippen LogP contribution < -0.4 is 0 Å². The van der Waals surface area contributed by atoms with Crippen LogP contribution in [0.1, 0.15) is 34.6 Å². The molecule has 0 aromatic carbocycles. The van der Waals surface area contributed by atoms with E-state index in [4.69, 9.17) is 13.6 Å². The largest absolute Gasteiger partial charge is 0.475 e. The van der Waals surface area contributed by atoms with E-state index < -0.39 is 13.4 Å². The zero-order valence-corrected chi connectivity index (χ0v) is 10.4. The van der Waals surface area contributed by atoms with Crippen LogP contribution in [0.3, 0.4) is 0 Å². The summed E-state index contributed by atoms with van der Waals surface area (Å²) >= 11 is 0. The van der Waals surface area contributed by atoms with Crippen molar-refractivity contribution >= 4 is 7.82 Å². The first-order valence-electron chi connectivity index (χ1n) is 4.72. The highest BCUT2D eigenvalue weighted by Crippen LogP contribution is 2.56. The highest BCUT2D eigenvalue weighted by molar-refractivity contribution is 7.48. The first-order chi connectivity index (χ1) is 6.12. The maximum Gasteiger partial charge on any atom is 0.475 e. The van der Waals surface area contributed by atoms with Gasteiger partial charge in [-0.25, -0.2) is 4.57 Å². The molecular formula is C9H19O4P. The van der Waals surface area contributed by atoms with Gasteiger partial charge in [0.1, 0.15) is 0 Å². The summed E-state index contributed by atoms with van der Waals surface area (Å²) in [5.41, 5.74) is -0.605. The molecule has 0 radical (unpaired) electrons. The van der Waals surface area contributed by atoms with Crippen LogP contribution in [-0.2, 0) is 18.1 Å². The van der Waals surface area contributed by atoms with Crippen molar-refractivity contribution in [3.05, 3.63) is 0 Å². The zero-order chi connectivity index (χ0) is 11.0. The predicted octanol–water partition coefficient (Wildman–Crippen LogP) is 2.98. The summed E-state index contributed by atoms with van der Waals surface area (Å²) in [4.78, 5) is 0. The first-order valence-corrected chi connectivity index (χ1v) is 6.18. The lowest BCUT2D eigenvalue weighted by atomic mass is 9.97. The third-order valence-electron chi connectivity index (χ3n) is 1.61. The Morgan fingerprint density at radius 1 is 1.21 bits per heavy atom. The monoisotopic (exact) mass is 222 g/mol. The fraction of sp³-hybridized carbons (Fsp3) is 1.00. The van der Waals surface area contributed by atoms with E-state index in [9.17, 15) is 4.57 Å². The number of hydrogen-bond donors (Lipinski definition) is 0. The average Bonchev–Trinajstić information content (AvgIpc) is 1.93. The van der Waals surface area contributed by atoms with Gasteiger partial charge in [0.25, 0.3) is 0 Å². The maximum absolute atomic E-state index is 11.9. The van der Waals surface area contributed by atoms with E-state index in [1.54, 1.807) is 0 Å². The second-order valence-corrected chi connectivity index (χ2v) is 6.96. The molecule has 1 heterocycles. The Hall–Kier alpha value is 0.110. The second kappa shape index (κ2) is 3.60. The molecule has 1 aliphatic rings. The maximum atomic E-state index is 11.9. The molecule has 0 atom stereocenters. The standard InChI is InChI=1S/C9H19O4P/c1-8(2,3)13-14(10)11-6-9(4,5)7-12-14/h6-7H2,1-5H3. The number of rotatable bonds is 1. The van der Waals surface area contributed by atoms with E-state index >= 15 is 0 Å². The third kappa shape index (κ3) is 3.70. The van der Waals surface area contributed by atoms with Gasteiger partial charge in [0, 0.05) is 5.41 Å². The number of phosphoric ester groups is 1. The van der Waals surface area contributed by atoms with Gasteiger partial charge >= 0.3 is 7.82 Å². The summed E-state index contributed by atoms with van der Waals surface area (Å²) in [6.45, 7) is 10.2. The molecule has 14 heavy (non-hydrogen) atoms. The van der Waals surface area contributed by atoms with Gasteiger partial charge in [-0.2, -0.15) is 0 Å². The van der Waals surface area contributed by atoms with Crippen LogP contribution in [-0.4, -0.2) is 18.8 Å². The molecule has 0 aromatic rings. The Morgan fingerprint density at radius 3 is 2.00 bits per heavy atom. The molecule has 0 aliphatic carbocycles. The zero-order valence-electron chi connectivity index (χ0n) is 9.49. The summed E-state index contributed by atoms with van der Waals surface area (Å²) in [6.07, 6.45) is 0. The lowest BCUT2D eigenvalue weighted by Crippen LogP contribution is -2.31. The molecule has 0 unspecified atom stereocenters. The van der Waals surface area contributed by atoms with Gasteiger partial charge in [0.15, 0.2) is 0 Å². The summed E-state index contributed by atoms with van der Waals surface area (Å²) < 4.78 is 27.5. The minimum Gasteiger partial charge on any atom is -0.286 e. The van der Waals surface area contributed by atoms with Crippen molar-refractivity contribution in [3.63, 3.8) is 0 Å². The van der Waals surface area contributed by atoms with Crippen LogP contribution in [0, 0.1) is 5.41 Å². The van der Waals surface area contributed by atoms with Crippen LogP contribution in [0.15, 0.2) is 0 Å². The van der Waals surface area contributed by atoms with E-state index in [1.165, 1.54) is 0 Å². The predicted molar refractivity (Wildman–Crippen MR) is 54.1 cm³/mol. The smallest absolute Gasteiger partial charge is 0.286 e. The van der Waals surface area contributed by atoms with E-state index in [2.05, 4.69) is 0 Å². The molecule has 0 spiro atoms. The summed E-state index contributed by atoms with van der Waals surface area (Å²) in [6, 6.07) is 0. The van der Waals surface area contributed by atoms with Crippen molar-refractivity contribution in [1.29, 1.82) is 0 Å². The lowest BCUT2D eigenvalue weighted by molar-refractivity contribution is -0.0262. The molecule has 0 bridgehead atoms. The lowest BCUT2D eigenvalue weighted by Gasteiger charge is -2.35. The quantitative estimate of drug-likeness (QED) is 0.640. The Morgan fingerprint density at radius 2 is 1.64 bits per heavy atom. The molecule has 84 valence electrons.